The molecule has 2 aromatic carbocycles. The first-order valence-electron chi connectivity index (χ1n) is 8.31. The summed E-state index contributed by atoms with van der Waals surface area (Å²) < 4.78 is 15.4. The highest BCUT2D eigenvalue weighted by Crippen LogP contribution is 2.21. The van der Waals surface area contributed by atoms with Crippen LogP contribution in [0.4, 0.5) is 15.8 Å². The predicted octanol–water partition coefficient (Wildman–Crippen LogP) is 4.28. The molecule has 2 aromatic rings. The Morgan fingerprint density at radius 2 is 1.77 bits per heavy atom. The highest BCUT2D eigenvalue weighted by atomic mass is 35.5. The van der Waals surface area contributed by atoms with Crippen LogP contribution in [0.3, 0.4) is 0 Å². The topological polar surface area (TPSA) is 30.9 Å². The Hall–Kier alpha value is -2.02. The summed E-state index contributed by atoms with van der Waals surface area (Å²) in [6.45, 7) is 3.51. The third-order valence-corrected chi connectivity index (χ3v) is 4.77. The number of halogens is 2. The molecule has 7 heteroatoms. The SMILES string of the molecule is Fc1ccccc1N=CN/C(=C\S)c1ccc(N2CCN(Cl)CC2)cc1. The van der Waals surface area contributed by atoms with Crippen molar-refractivity contribution in [2.45, 2.75) is 0 Å². The van der Waals surface area contributed by atoms with E-state index in [9.17, 15) is 4.39 Å². The first kappa shape index (κ1) is 18.8. The standard InChI is InChI=1S/C19H20ClFN4S/c20-25-11-9-24(10-12-25)16-7-5-15(6-8-16)19(13-26)23-14-22-18-4-2-1-3-17(18)21/h1-8,13-14,26H,9-12H2,(H,22,23)/b19-13-. The summed E-state index contributed by atoms with van der Waals surface area (Å²) in [5.74, 6) is -0.358. The van der Waals surface area contributed by atoms with Crippen LogP contribution >= 0.6 is 24.4 Å². The van der Waals surface area contributed by atoms with Gasteiger partial charge in [0.1, 0.15) is 11.5 Å². The third-order valence-electron chi connectivity index (χ3n) is 4.17. The molecule has 0 aromatic heterocycles. The number of aliphatic imine (C=N–C) groups is 1. The monoisotopic (exact) mass is 390 g/mol. The summed E-state index contributed by atoms with van der Waals surface area (Å²) in [6.07, 6.45) is 1.47. The molecule has 136 valence electrons. The maximum Gasteiger partial charge on any atom is 0.148 e. The van der Waals surface area contributed by atoms with E-state index in [1.54, 1.807) is 23.6 Å². The average molecular weight is 391 g/mol. The molecule has 0 atom stereocenters. The van der Waals surface area contributed by atoms with Gasteiger partial charge >= 0.3 is 0 Å². The van der Waals surface area contributed by atoms with Gasteiger partial charge in [-0.2, -0.15) is 0 Å². The lowest BCUT2D eigenvalue weighted by molar-refractivity contribution is 0.416. The van der Waals surface area contributed by atoms with Crippen LogP contribution < -0.4 is 10.2 Å². The molecule has 0 spiro atoms. The summed E-state index contributed by atoms with van der Waals surface area (Å²) >= 11 is 10.3. The van der Waals surface area contributed by atoms with Crippen molar-refractivity contribution >= 4 is 47.8 Å². The molecule has 0 unspecified atom stereocenters. The van der Waals surface area contributed by atoms with Gasteiger partial charge in [0.25, 0.3) is 0 Å². The molecule has 4 nitrogen and oxygen atoms in total. The molecule has 0 saturated carbocycles. The average Bonchev–Trinajstić information content (AvgIpc) is 2.67. The van der Waals surface area contributed by atoms with Crippen LogP contribution in [-0.4, -0.2) is 36.9 Å². The maximum atomic E-state index is 13.6. The summed E-state index contributed by atoms with van der Waals surface area (Å²) in [5.41, 5.74) is 3.20. The molecular weight excluding hydrogens is 371 g/mol. The van der Waals surface area contributed by atoms with Gasteiger partial charge in [0.15, 0.2) is 0 Å². The lowest BCUT2D eigenvalue weighted by Gasteiger charge is -2.32. The molecule has 1 heterocycles. The van der Waals surface area contributed by atoms with E-state index in [2.05, 4.69) is 40.0 Å². The first-order valence-corrected chi connectivity index (χ1v) is 9.17. The minimum atomic E-state index is -0.358. The van der Waals surface area contributed by atoms with E-state index in [0.29, 0.717) is 0 Å². The zero-order chi connectivity index (χ0) is 18.4. The molecule has 0 bridgehead atoms. The van der Waals surface area contributed by atoms with Crippen molar-refractivity contribution in [3.63, 3.8) is 0 Å². The third kappa shape index (κ3) is 4.78. The molecule has 0 radical (unpaired) electrons. The number of anilines is 1. The minimum absolute atomic E-state index is 0.285. The largest absolute Gasteiger partial charge is 0.369 e. The zero-order valence-electron chi connectivity index (χ0n) is 14.1. The van der Waals surface area contributed by atoms with E-state index in [0.717, 1.165) is 43.1 Å². The lowest BCUT2D eigenvalue weighted by Crippen LogP contribution is -2.42. The van der Waals surface area contributed by atoms with E-state index in [-0.39, 0.29) is 11.5 Å². The summed E-state index contributed by atoms with van der Waals surface area (Å²) in [6, 6.07) is 14.6. The van der Waals surface area contributed by atoms with Crippen molar-refractivity contribution < 1.29 is 4.39 Å². The number of hydrogen-bond acceptors (Lipinski definition) is 4. The minimum Gasteiger partial charge on any atom is -0.369 e. The van der Waals surface area contributed by atoms with Crippen LogP contribution in [0.1, 0.15) is 5.56 Å². The van der Waals surface area contributed by atoms with Crippen molar-refractivity contribution in [1.29, 1.82) is 0 Å². The number of para-hydroxylation sites is 1. The number of piperazine rings is 1. The fourth-order valence-corrected chi connectivity index (χ4v) is 3.09. The normalized spacial score (nSPS) is 16.3. The van der Waals surface area contributed by atoms with Crippen LogP contribution in [0, 0.1) is 5.82 Å². The van der Waals surface area contributed by atoms with Gasteiger partial charge in [0.2, 0.25) is 0 Å². The molecule has 1 saturated heterocycles. The predicted molar refractivity (Wildman–Crippen MR) is 111 cm³/mol. The summed E-state index contributed by atoms with van der Waals surface area (Å²) in [7, 11) is 0. The van der Waals surface area contributed by atoms with Crippen LogP contribution in [0.25, 0.3) is 5.70 Å². The molecule has 0 aliphatic carbocycles. The highest BCUT2D eigenvalue weighted by molar-refractivity contribution is 7.83. The van der Waals surface area contributed by atoms with E-state index < -0.39 is 0 Å². The number of nitrogens with zero attached hydrogens (tertiary/aromatic N) is 3. The highest BCUT2D eigenvalue weighted by Gasteiger charge is 2.15. The second-order valence-corrected chi connectivity index (χ2v) is 6.58. The molecule has 1 N–H and O–H groups in total. The summed E-state index contributed by atoms with van der Waals surface area (Å²) in [4.78, 5) is 6.41. The molecule has 1 fully saturated rings. The number of thiol groups is 1. The maximum absolute atomic E-state index is 13.6. The van der Waals surface area contributed by atoms with Crippen LogP contribution in [0.5, 0.6) is 0 Å². The smallest absolute Gasteiger partial charge is 0.148 e. The Morgan fingerprint density at radius 3 is 2.42 bits per heavy atom. The Balaban J connectivity index is 1.64. The quantitative estimate of drug-likeness (QED) is 0.346. The fourth-order valence-electron chi connectivity index (χ4n) is 2.71. The Labute approximate surface area is 163 Å². The van der Waals surface area contributed by atoms with Crippen molar-refractivity contribution in [2.24, 2.45) is 4.99 Å². The van der Waals surface area contributed by atoms with Crippen molar-refractivity contribution in [3.8, 4) is 0 Å². The molecule has 3 rings (SSSR count). The molecular formula is C19H20ClFN4S. The number of nitrogens with one attached hydrogen (secondary N) is 1. The number of benzene rings is 2. The number of rotatable bonds is 5. The van der Waals surface area contributed by atoms with E-state index >= 15 is 0 Å². The fraction of sp³-hybridized carbons (Fsp3) is 0.211. The van der Waals surface area contributed by atoms with Gasteiger partial charge in [-0.15, -0.1) is 12.6 Å². The van der Waals surface area contributed by atoms with Gasteiger partial charge in [-0.05, 0) is 47.0 Å². The van der Waals surface area contributed by atoms with Gasteiger partial charge in [0.05, 0.1) is 12.0 Å². The van der Waals surface area contributed by atoms with Crippen molar-refractivity contribution in [1.82, 2.24) is 9.74 Å². The second-order valence-electron chi connectivity index (χ2n) is 5.84. The van der Waals surface area contributed by atoms with Gasteiger partial charge in [-0.25, -0.2) is 13.8 Å². The van der Waals surface area contributed by atoms with Crippen LogP contribution in [-0.2, 0) is 0 Å². The van der Waals surface area contributed by atoms with Gasteiger partial charge < -0.3 is 10.2 Å². The first-order chi connectivity index (χ1) is 12.7. The Morgan fingerprint density at radius 1 is 1.08 bits per heavy atom. The Bertz CT molecular complexity index is 786. The van der Waals surface area contributed by atoms with Gasteiger partial charge in [-0.1, -0.05) is 24.3 Å². The zero-order valence-corrected chi connectivity index (χ0v) is 15.8. The van der Waals surface area contributed by atoms with Crippen LogP contribution in [0.2, 0.25) is 0 Å². The molecule has 26 heavy (non-hydrogen) atoms. The van der Waals surface area contributed by atoms with Crippen LogP contribution in [0.15, 0.2) is 58.9 Å². The summed E-state index contributed by atoms with van der Waals surface area (Å²) in [5, 5.41) is 4.72. The molecule has 1 aliphatic heterocycles. The van der Waals surface area contributed by atoms with E-state index in [4.69, 9.17) is 11.8 Å². The van der Waals surface area contributed by atoms with Gasteiger partial charge in [0, 0.05) is 31.9 Å². The van der Waals surface area contributed by atoms with Crippen molar-refractivity contribution in [2.75, 3.05) is 31.1 Å². The van der Waals surface area contributed by atoms with E-state index in [1.807, 2.05) is 16.6 Å². The van der Waals surface area contributed by atoms with E-state index in [1.165, 1.54) is 12.4 Å². The van der Waals surface area contributed by atoms with Gasteiger partial charge in [-0.3, -0.25) is 0 Å². The second kappa shape index (κ2) is 9.07. The lowest BCUT2D eigenvalue weighted by atomic mass is 10.1. The molecule has 0 amide bonds. The Kier molecular flexibility index (Phi) is 6.55. The number of hydrogen-bond donors (Lipinski definition) is 2. The van der Waals surface area contributed by atoms with Crippen molar-refractivity contribution in [3.05, 3.63) is 65.3 Å². The molecule has 1 aliphatic rings.